The lowest BCUT2D eigenvalue weighted by atomic mass is 9.98. The Hall–Kier alpha value is -1.31. The van der Waals surface area contributed by atoms with Crippen molar-refractivity contribution in [2.24, 2.45) is 5.11 Å². The molecule has 8 nitrogen and oxygen atoms in total. The molecule has 0 aromatic rings. The second-order valence-electron chi connectivity index (χ2n) is 3.25. The summed E-state index contributed by atoms with van der Waals surface area (Å²) in [5.74, 6) is -2.27. The third-order valence-electron chi connectivity index (χ3n) is 2.23. The molecule has 0 aliphatic carbocycles. The van der Waals surface area contributed by atoms with Crippen molar-refractivity contribution >= 4 is 15.8 Å². The number of rotatable bonds is 4. The summed E-state index contributed by atoms with van der Waals surface area (Å²) < 4.78 is 26.8. The van der Waals surface area contributed by atoms with Gasteiger partial charge in [0.15, 0.2) is 15.9 Å². The summed E-state index contributed by atoms with van der Waals surface area (Å²) in [5.41, 5.74) is 6.76. The molecule has 84 valence electrons. The van der Waals surface area contributed by atoms with E-state index in [0.29, 0.717) is 0 Å². The van der Waals surface area contributed by atoms with Gasteiger partial charge in [0.25, 0.3) is 0 Å². The second-order valence-corrected chi connectivity index (χ2v) is 5.31. The summed E-state index contributed by atoms with van der Waals surface area (Å²) in [4.78, 5) is 13.1. The van der Waals surface area contributed by atoms with E-state index in [9.17, 15) is 13.2 Å². The van der Waals surface area contributed by atoms with Gasteiger partial charge in [0, 0.05) is 12.0 Å². The first-order valence-corrected chi connectivity index (χ1v) is 5.71. The van der Waals surface area contributed by atoms with Crippen molar-refractivity contribution in [3.8, 4) is 0 Å². The third kappa shape index (κ3) is 2.04. The van der Waals surface area contributed by atoms with Gasteiger partial charge in [-0.15, -0.1) is 0 Å². The van der Waals surface area contributed by atoms with Gasteiger partial charge in [-0.25, -0.2) is 8.42 Å². The van der Waals surface area contributed by atoms with Gasteiger partial charge in [-0.1, -0.05) is 5.11 Å². The molecule has 0 bridgehead atoms. The van der Waals surface area contributed by atoms with E-state index in [2.05, 4.69) is 10.0 Å². The van der Waals surface area contributed by atoms with E-state index in [4.69, 9.17) is 15.4 Å². The minimum Gasteiger partial charge on any atom is -0.481 e. The summed E-state index contributed by atoms with van der Waals surface area (Å²) >= 11 is 0. The molecule has 15 heavy (non-hydrogen) atoms. The van der Waals surface area contributed by atoms with Gasteiger partial charge in [-0.05, 0) is 5.53 Å². The van der Waals surface area contributed by atoms with E-state index in [1.165, 1.54) is 7.11 Å². The van der Waals surface area contributed by atoms with Gasteiger partial charge >= 0.3 is 5.97 Å². The van der Waals surface area contributed by atoms with Crippen molar-refractivity contribution in [2.45, 2.75) is 11.6 Å². The molecule has 0 unspecified atom stereocenters. The standard InChI is InChI=1S/C6H9N3O5S/c1-14-6(2-15(12,13)3-6)4(5(10)11)8-9-7/h4H,2-3H2,1H3,(H,10,11)/t4-/m1/s1. The van der Waals surface area contributed by atoms with Crippen LogP contribution in [-0.4, -0.2) is 49.8 Å². The molecule has 1 saturated heterocycles. The minimum absolute atomic E-state index is 0.438. The number of hydrogen-bond donors (Lipinski definition) is 1. The van der Waals surface area contributed by atoms with Gasteiger partial charge in [-0.3, -0.25) is 4.79 Å². The Morgan fingerprint density at radius 2 is 2.20 bits per heavy atom. The monoisotopic (exact) mass is 235 g/mol. The van der Waals surface area contributed by atoms with E-state index in [1.54, 1.807) is 0 Å². The Balaban J connectivity index is 3.01. The summed E-state index contributed by atoms with van der Waals surface area (Å²) in [6.45, 7) is 0. The first kappa shape index (κ1) is 11.8. The number of hydrogen-bond acceptors (Lipinski definition) is 5. The Morgan fingerprint density at radius 3 is 2.47 bits per heavy atom. The fraction of sp³-hybridized carbons (Fsp3) is 0.833. The molecule has 1 aliphatic rings. The fourth-order valence-electron chi connectivity index (χ4n) is 1.52. The predicted molar refractivity (Wildman–Crippen MR) is 49.0 cm³/mol. The SMILES string of the molecule is COC1([C@H](N=[N+]=[N-])C(=O)O)CS(=O)(=O)C1. The molecular weight excluding hydrogens is 226 g/mol. The van der Waals surface area contributed by atoms with Crippen molar-refractivity contribution in [1.29, 1.82) is 0 Å². The minimum atomic E-state index is -3.27. The highest BCUT2D eigenvalue weighted by atomic mass is 32.2. The van der Waals surface area contributed by atoms with Crippen LogP contribution in [0.5, 0.6) is 0 Å². The highest BCUT2D eigenvalue weighted by Crippen LogP contribution is 2.32. The average Bonchev–Trinajstić information content (AvgIpc) is 2.09. The van der Waals surface area contributed by atoms with Crippen LogP contribution in [0.15, 0.2) is 5.11 Å². The first-order chi connectivity index (χ1) is 6.87. The number of methoxy groups -OCH3 is 1. The maximum absolute atomic E-state index is 11.0. The van der Waals surface area contributed by atoms with Crippen LogP contribution >= 0.6 is 0 Å². The van der Waals surface area contributed by atoms with Crippen LogP contribution in [0.3, 0.4) is 0 Å². The zero-order valence-electron chi connectivity index (χ0n) is 7.82. The summed E-state index contributed by atoms with van der Waals surface area (Å²) in [5, 5.41) is 11.8. The summed E-state index contributed by atoms with van der Waals surface area (Å²) in [6.07, 6.45) is 0. The molecule has 1 N–H and O–H groups in total. The number of sulfone groups is 1. The molecule has 1 atom stereocenters. The molecule has 1 rings (SSSR count). The Bertz CT molecular complexity index is 410. The van der Waals surface area contributed by atoms with Crippen molar-refractivity contribution < 1.29 is 23.1 Å². The van der Waals surface area contributed by atoms with Crippen LogP contribution in [0.4, 0.5) is 0 Å². The van der Waals surface area contributed by atoms with E-state index in [1.807, 2.05) is 0 Å². The Kier molecular flexibility index (Phi) is 2.89. The Labute approximate surface area is 85.4 Å². The first-order valence-electron chi connectivity index (χ1n) is 3.89. The number of carboxylic acid groups (broad SMARTS) is 1. The topological polar surface area (TPSA) is 129 Å². The molecule has 0 amide bonds. The zero-order valence-corrected chi connectivity index (χ0v) is 8.64. The molecule has 1 fully saturated rings. The predicted octanol–water partition coefficient (Wildman–Crippen LogP) is -0.436. The van der Waals surface area contributed by atoms with Gasteiger partial charge in [0.1, 0.15) is 5.60 Å². The zero-order chi connectivity index (χ0) is 11.7. The van der Waals surface area contributed by atoms with Gasteiger partial charge in [0.2, 0.25) is 0 Å². The number of azide groups is 1. The number of aliphatic carboxylic acids is 1. The van der Waals surface area contributed by atoms with Crippen molar-refractivity contribution in [2.75, 3.05) is 18.6 Å². The number of carbonyl (C=O) groups is 1. The van der Waals surface area contributed by atoms with Crippen molar-refractivity contribution in [3.63, 3.8) is 0 Å². The number of carboxylic acids is 1. The maximum Gasteiger partial charge on any atom is 0.315 e. The van der Waals surface area contributed by atoms with E-state index in [-0.39, 0.29) is 0 Å². The molecule has 1 aliphatic heterocycles. The molecule has 0 aromatic carbocycles. The largest absolute Gasteiger partial charge is 0.481 e. The van der Waals surface area contributed by atoms with Crippen molar-refractivity contribution in [3.05, 3.63) is 10.4 Å². The molecule has 0 aromatic heterocycles. The normalized spacial score (nSPS) is 23.3. The van der Waals surface area contributed by atoms with Gasteiger partial charge < -0.3 is 9.84 Å². The van der Waals surface area contributed by atoms with Crippen molar-refractivity contribution in [1.82, 2.24) is 0 Å². The molecule has 0 radical (unpaired) electrons. The van der Waals surface area contributed by atoms with Crippen LogP contribution < -0.4 is 0 Å². The van der Waals surface area contributed by atoms with Crippen LogP contribution in [0, 0.1) is 0 Å². The second kappa shape index (κ2) is 3.69. The van der Waals surface area contributed by atoms with E-state index < -0.39 is 39.0 Å². The smallest absolute Gasteiger partial charge is 0.315 e. The lowest BCUT2D eigenvalue weighted by Crippen LogP contribution is -2.64. The lowest BCUT2D eigenvalue weighted by Gasteiger charge is -2.41. The van der Waals surface area contributed by atoms with Crippen LogP contribution in [0.25, 0.3) is 10.4 Å². The van der Waals surface area contributed by atoms with Crippen LogP contribution in [-0.2, 0) is 19.4 Å². The van der Waals surface area contributed by atoms with E-state index in [0.717, 1.165) is 0 Å². The average molecular weight is 235 g/mol. The van der Waals surface area contributed by atoms with E-state index >= 15 is 0 Å². The van der Waals surface area contributed by atoms with Crippen LogP contribution in [0.2, 0.25) is 0 Å². The highest BCUT2D eigenvalue weighted by molar-refractivity contribution is 7.93. The Morgan fingerprint density at radius 1 is 1.67 bits per heavy atom. The molecule has 9 heteroatoms. The van der Waals surface area contributed by atoms with Gasteiger partial charge in [0.05, 0.1) is 11.5 Å². The third-order valence-corrected chi connectivity index (χ3v) is 4.09. The number of ether oxygens (including phenoxy) is 1. The lowest BCUT2D eigenvalue weighted by molar-refractivity contribution is -0.145. The maximum atomic E-state index is 11.0. The summed E-state index contributed by atoms with van der Waals surface area (Å²) in [7, 11) is -2.08. The molecule has 0 spiro atoms. The van der Waals surface area contributed by atoms with Crippen LogP contribution in [0.1, 0.15) is 0 Å². The molecule has 1 heterocycles. The fourth-order valence-corrected chi connectivity index (χ4v) is 3.48. The van der Waals surface area contributed by atoms with Gasteiger partial charge in [-0.2, -0.15) is 0 Å². The quantitative estimate of drug-likeness (QED) is 0.401. The number of nitrogens with zero attached hydrogens (tertiary/aromatic N) is 3. The summed E-state index contributed by atoms with van der Waals surface area (Å²) in [6, 6.07) is -1.52. The molecule has 0 saturated carbocycles. The highest BCUT2D eigenvalue weighted by Gasteiger charge is 2.56. The molecular formula is C6H9N3O5S.